The summed E-state index contributed by atoms with van der Waals surface area (Å²) in [6.07, 6.45) is 0. The SMILES string of the molecule is CC(SSC(C)(O)O)c1ccccc1. The first-order valence-electron chi connectivity index (χ1n) is 4.33. The summed E-state index contributed by atoms with van der Waals surface area (Å²) in [5, 5.41) is 16.8. The second kappa shape index (κ2) is 5.07. The quantitative estimate of drug-likeness (QED) is 0.616. The van der Waals surface area contributed by atoms with Crippen molar-refractivity contribution in [2.24, 2.45) is 0 Å². The van der Waals surface area contributed by atoms with Gasteiger partial charge in [0.25, 0.3) is 0 Å². The van der Waals surface area contributed by atoms with Crippen molar-refractivity contribution in [3.8, 4) is 0 Å². The third kappa shape index (κ3) is 4.37. The first-order valence-corrected chi connectivity index (χ1v) is 6.54. The predicted octanol–water partition coefficient (Wildman–Crippen LogP) is 2.79. The Balaban J connectivity index is 2.48. The minimum absolute atomic E-state index is 0.250. The molecule has 2 nitrogen and oxygen atoms in total. The molecule has 0 aliphatic heterocycles. The molecular formula is C10H14O2S2. The van der Waals surface area contributed by atoms with Crippen molar-refractivity contribution in [3.05, 3.63) is 35.9 Å². The van der Waals surface area contributed by atoms with Crippen LogP contribution in [0.5, 0.6) is 0 Å². The highest BCUT2D eigenvalue weighted by atomic mass is 33.1. The Hall–Kier alpha value is -0.160. The van der Waals surface area contributed by atoms with Crippen molar-refractivity contribution >= 4 is 21.6 Å². The smallest absolute Gasteiger partial charge is 0.220 e. The highest BCUT2D eigenvalue weighted by Gasteiger charge is 2.18. The van der Waals surface area contributed by atoms with E-state index in [9.17, 15) is 0 Å². The van der Waals surface area contributed by atoms with Gasteiger partial charge in [0.1, 0.15) is 0 Å². The standard InChI is InChI=1S/C10H14O2S2/c1-8(13-14-10(2,11)12)9-6-4-3-5-7-9/h3-8,11-12H,1-2H3. The molecule has 0 aliphatic carbocycles. The number of rotatable bonds is 4. The maximum atomic E-state index is 9.11. The van der Waals surface area contributed by atoms with E-state index in [-0.39, 0.29) is 5.25 Å². The van der Waals surface area contributed by atoms with E-state index in [2.05, 4.69) is 0 Å². The summed E-state index contributed by atoms with van der Waals surface area (Å²) in [7, 11) is 2.52. The summed E-state index contributed by atoms with van der Waals surface area (Å²) >= 11 is 0. The zero-order chi connectivity index (χ0) is 10.6. The molecule has 0 saturated carbocycles. The molecule has 1 atom stereocenters. The van der Waals surface area contributed by atoms with Crippen LogP contribution in [-0.4, -0.2) is 15.3 Å². The van der Waals surface area contributed by atoms with Crippen molar-refractivity contribution < 1.29 is 10.2 Å². The number of aliphatic hydroxyl groups is 2. The molecule has 0 heterocycles. The molecule has 0 spiro atoms. The van der Waals surface area contributed by atoms with Crippen LogP contribution >= 0.6 is 21.6 Å². The maximum absolute atomic E-state index is 9.11. The highest BCUT2D eigenvalue weighted by molar-refractivity contribution is 8.77. The lowest BCUT2D eigenvalue weighted by Gasteiger charge is -2.17. The minimum Gasteiger partial charge on any atom is -0.357 e. The summed E-state index contributed by atoms with van der Waals surface area (Å²) in [5.41, 5.74) is 1.19. The topological polar surface area (TPSA) is 40.5 Å². The van der Waals surface area contributed by atoms with Gasteiger partial charge < -0.3 is 10.2 Å². The summed E-state index contributed by atoms with van der Waals surface area (Å²) in [6, 6.07) is 9.99. The van der Waals surface area contributed by atoms with Crippen molar-refractivity contribution in [3.63, 3.8) is 0 Å². The molecule has 0 fully saturated rings. The first-order chi connectivity index (χ1) is 6.49. The Bertz CT molecular complexity index is 269. The van der Waals surface area contributed by atoms with E-state index in [0.29, 0.717) is 0 Å². The molecule has 0 radical (unpaired) electrons. The maximum Gasteiger partial charge on any atom is 0.220 e. The summed E-state index contributed by atoms with van der Waals surface area (Å²) < 4.78 is 0. The molecule has 1 unspecified atom stereocenters. The lowest BCUT2D eigenvalue weighted by Crippen LogP contribution is -2.15. The van der Waals surface area contributed by atoms with Crippen LogP contribution in [0.25, 0.3) is 0 Å². The molecule has 0 aromatic heterocycles. The molecule has 14 heavy (non-hydrogen) atoms. The molecular weight excluding hydrogens is 216 g/mol. The van der Waals surface area contributed by atoms with Gasteiger partial charge in [-0.05, 0) is 23.3 Å². The van der Waals surface area contributed by atoms with Crippen molar-refractivity contribution in [1.29, 1.82) is 0 Å². The van der Waals surface area contributed by atoms with Crippen LogP contribution in [0.3, 0.4) is 0 Å². The predicted molar refractivity (Wildman–Crippen MR) is 62.9 cm³/mol. The van der Waals surface area contributed by atoms with E-state index in [4.69, 9.17) is 10.2 Å². The average molecular weight is 230 g/mol. The monoisotopic (exact) mass is 230 g/mol. The molecule has 0 aliphatic rings. The molecule has 4 heteroatoms. The van der Waals surface area contributed by atoms with E-state index in [1.165, 1.54) is 23.3 Å². The summed E-state index contributed by atoms with van der Waals surface area (Å²) in [4.78, 5) is 0. The van der Waals surface area contributed by atoms with Gasteiger partial charge in [-0.2, -0.15) is 0 Å². The molecule has 1 aromatic carbocycles. The molecule has 0 bridgehead atoms. The number of hydrogen-bond acceptors (Lipinski definition) is 4. The van der Waals surface area contributed by atoms with Crippen LogP contribution in [0.15, 0.2) is 30.3 Å². The molecule has 2 N–H and O–H groups in total. The van der Waals surface area contributed by atoms with Crippen LogP contribution in [-0.2, 0) is 0 Å². The zero-order valence-corrected chi connectivity index (χ0v) is 9.81. The molecule has 0 amide bonds. The van der Waals surface area contributed by atoms with Crippen molar-refractivity contribution in [2.75, 3.05) is 0 Å². The fraction of sp³-hybridized carbons (Fsp3) is 0.400. The zero-order valence-electron chi connectivity index (χ0n) is 8.18. The highest BCUT2D eigenvalue weighted by Crippen LogP contribution is 2.42. The largest absolute Gasteiger partial charge is 0.357 e. The molecule has 1 aromatic rings. The van der Waals surface area contributed by atoms with Gasteiger partial charge >= 0.3 is 0 Å². The van der Waals surface area contributed by atoms with E-state index in [0.717, 1.165) is 10.8 Å². The van der Waals surface area contributed by atoms with Gasteiger partial charge in [-0.25, -0.2) is 0 Å². The van der Waals surface area contributed by atoms with Crippen LogP contribution < -0.4 is 0 Å². The Kier molecular flexibility index (Phi) is 4.31. The van der Waals surface area contributed by atoms with Gasteiger partial charge in [-0.1, -0.05) is 41.1 Å². The van der Waals surface area contributed by atoms with E-state index in [1.54, 1.807) is 0 Å². The third-order valence-electron chi connectivity index (χ3n) is 1.62. The molecule has 78 valence electrons. The van der Waals surface area contributed by atoms with Gasteiger partial charge in [0.2, 0.25) is 5.12 Å². The molecule has 0 saturated heterocycles. The lowest BCUT2D eigenvalue weighted by atomic mass is 10.2. The first kappa shape index (κ1) is 11.9. The fourth-order valence-corrected chi connectivity index (χ4v) is 2.85. The van der Waals surface area contributed by atoms with Gasteiger partial charge in [-0.15, -0.1) is 0 Å². The van der Waals surface area contributed by atoms with Gasteiger partial charge in [0.15, 0.2) is 0 Å². The number of hydrogen-bond donors (Lipinski definition) is 2. The van der Waals surface area contributed by atoms with Gasteiger partial charge in [0.05, 0.1) is 0 Å². The minimum atomic E-state index is -1.66. The van der Waals surface area contributed by atoms with Gasteiger partial charge in [-0.3, -0.25) is 0 Å². The van der Waals surface area contributed by atoms with E-state index >= 15 is 0 Å². The van der Waals surface area contributed by atoms with Crippen LogP contribution in [0.2, 0.25) is 0 Å². The Morgan fingerprint density at radius 2 is 1.79 bits per heavy atom. The second-order valence-corrected chi connectivity index (χ2v) is 6.08. The van der Waals surface area contributed by atoms with Crippen LogP contribution in [0, 0.1) is 0 Å². The number of benzene rings is 1. The van der Waals surface area contributed by atoms with Gasteiger partial charge in [0, 0.05) is 12.2 Å². The van der Waals surface area contributed by atoms with E-state index < -0.39 is 5.12 Å². The average Bonchev–Trinajstić information content (AvgIpc) is 2.14. The van der Waals surface area contributed by atoms with Crippen LogP contribution in [0.4, 0.5) is 0 Å². The lowest BCUT2D eigenvalue weighted by molar-refractivity contribution is -0.0574. The van der Waals surface area contributed by atoms with Crippen LogP contribution in [0.1, 0.15) is 24.7 Å². The normalized spacial score (nSPS) is 14.0. The Morgan fingerprint density at radius 1 is 1.21 bits per heavy atom. The third-order valence-corrected chi connectivity index (χ3v) is 4.69. The Morgan fingerprint density at radius 3 is 2.29 bits per heavy atom. The van der Waals surface area contributed by atoms with Crippen molar-refractivity contribution in [2.45, 2.75) is 24.2 Å². The summed E-state index contributed by atoms with van der Waals surface area (Å²) in [5.74, 6) is 0. The Labute approximate surface area is 92.1 Å². The molecule has 1 rings (SSSR count). The fourth-order valence-electron chi connectivity index (χ4n) is 0.943. The van der Waals surface area contributed by atoms with E-state index in [1.807, 2.05) is 37.3 Å². The van der Waals surface area contributed by atoms with Crippen molar-refractivity contribution in [1.82, 2.24) is 0 Å². The summed E-state index contributed by atoms with van der Waals surface area (Å²) in [6.45, 7) is 3.40. The second-order valence-electron chi connectivity index (χ2n) is 3.17.